The number of hydrogen-bond acceptors (Lipinski definition) is 8. The minimum Gasteiger partial charge on any atom is -0.369 e. The molecule has 0 saturated carbocycles. The second-order valence-corrected chi connectivity index (χ2v) is 9.29. The molecule has 32 heavy (non-hydrogen) atoms. The number of rotatable bonds is 9. The smallest absolute Gasteiger partial charge is 0.149 e. The van der Waals surface area contributed by atoms with Gasteiger partial charge in [0.1, 0.15) is 33.3 Å². The molecule has 2 N–H and O–H groups in total. The van der Waals surface area contributed by atoms with Gasteiger partial charge in [0.2, 0.25) is 0 Å². The van der Waals surface area contributed by atoms with E-state index in [1.807, 2.05) is 45.7 Å². The highest BCUT2D eigenvalue weighted by Crippen LogP contribution is 2.27. The van der Waals surface area contributed by atoms with Crippen LogP contribution in [0.4, 0.5) is 11.6 Å². The van der Waals surface area contributed by atoms with E-state index in [9.17, 15) is 0 Å². The maximum atomic E-state index is 6.34. The van der Waals surface area contributed by atoms with E-state index < -0.39 is 0 Å². The zero-order chi connectivity index (χ0) is 23.3. The van der Waals surface area contributed by atoms with E-state index in [2.05, 4.69) is 48.5 Å². The van der Waals surface area contributed by atoms with Gasteiger partial charge >= 0.3 is 0 Å². The average Bonchev–Trinajstić information content (AvgIpc) is 2.74. The van der Waals surface area contributed by atoms with E-state index in [0.29, 0.717) is 39.9 Å². The summed E-state index contributed by atoms with van der Waals surface area (Å²) in [6.07, 6.45) is 2.81. The molecule has 3 rings (SSSR count). The third-order valence-electron chi connectivity index (χ3n) is 4.81. The van der Waals surface area contributed by atoms with Crippen molar-refractivity contribution < 1.29 is 0 Å². The minimum atomic E-state index is 0.542. The summed E-state index contributed by atoms with van der Waals surface area (Å²) in [5.41, 5.74) is 3.68. The summed E-state index contributed by atoms with van der Waals surface area (Å²) in [6.45, 7) is 10.9. The summed E-state index contributed by atoms with van der Waals surface area (Å²) in [4.78, 5) is 23.1. The summed E-state index contributed by atoms with van der Waals surface area (Å²) in [5, 5.41) is 7.74. The van der Waals surface area contributed by atoms with Crippen LogP contribution in [-0.2, 0) is 6.54 Å². The van der Waals surface area contributed by atoms with Gasteiger partial charge in [-0.1, -0.05) is 23.2 Å². The van der Waals surface area contributed by atoms with Gasteiger partial charge < -0.3 is 10.6 Å². The molecule has 0 fully saturated rings. The number of anilines is 2. The number of nitrogens with zero attached hydrogens (tertiary/aromatic N) is 5. The molecule has 3 aromatic heterocycles. The van der Waals surface area contributed by atoms with E-state index in [4.69, 9.17) is 23.2 Å². The first-order valence-electron chi connectivity index (χ1n) is 10.3. The van der Waals surface area contributed by atoms with Crippen molar-refractivity contribution in [2.24, 2.45) is 0 Å². The second kappa shape index (κ2) is 11.1. The van der Waals surface area contributed by atoms with Gasteiger partial charge in [-0.3, -0.25) is 4.98 Å². The van der Waals surface area contributed by atoms with Crippen LogP contribution in [0.2, 0.25) is 10.0 Å². The van der Waals surface area contributed by atoms with Gasteiger partial charge in [-0.25, -0.2) is 19.9 Å². The highest BCUT2D eigenvalue weighted by atomic mass is 35.5. The molecule has 0 radical (unpaired) electrons. The lowest BCUT2D eigenvalue weighted by Crippen LogP contribution is -2.09. The first-order valence-corrected chi connectivity index (χ1v) is 12.1. The van der Waals surface area contributed by atoms with Gasteiger partial charge in [0.05, 0.1) is 23.6 Å². The van der Waals surface area contributed by atoms with Crippen molar-refractivity contribution >= 4 is 46.6 Å². The Hall–Kier alpha value is -2.16. The molecule has 170 valence electrons. The Morgan fingerprint density at radius 1 is 0.844 bits per heavy atom. The Labute approximate surface area is 203 Å². The number of halogens is 2. The summed E-state index contributed by atoms with van der Waals surface area (Å²) < 4.78 is 0. The highest BCUT2D eigenvalue weighted by Gasteiger charge is 2.11. The van der Waals surface area contributed by atoms with Crippen molar-refractivity contribution in [3.63, 3.8) is 0 Å². The van der Waals surface area contributed by atoms with Crippen LogP contribution in [0.25, 0.3) is 0 Å². The summed E-state index contributed by atoms with van der Waals surface area (Å²) in [6, 6.07) is 2.05. The lowest BCUT2D eigenvalue weighted by atomic mass is 10.2. The quantitative estimate of drug-likeness (QED) is 0.290. The van der Waals surface area contributed by atoms with E-state index in [-0.39, 0.29) is 0 Å². The minimum absolute atomic E-state index is 0.542. The molecule has 0 aliphatic rings. The predicted octanol–water partition coefficient (Wildman–Crippen LogP) is 5.72. The summed E-state index contributed by atoms with van der Waals surface area (Å²) in [5.74, 6) is 3.69. The third kappa shape index (κ3) is 6.21. The fourth-order valence-corrected chi connectivity index (χ4v) is 4.46. The zero-order valence-electron chi connectivity index (χ0n) is 18.9. The van der Waals surface area contributed by atoms with Crippen LogP contribution in [-0.4, -0.2) is 37.2 Å². The van der Waals surface area contributed by atoms with Crippen LogP contribution < -0.4 is 10.6 Å². The SMILES string of the molecule is Cc1nc(C)c(Cl)c(NCCCSc2ccnc(CNc3nc(C)nc(C)c3Cl)c2C)n1. The standard InChI is InChI=1S/C22H27Cl2N7S/c1-12-17(11-27-22-20(24)14(3)29-16(5)31-22)25-9-7-18(12)32-10-6-8-26-21-19(23)13(2)28-15(4)30-21/h7,9H,6,8,10-11H2,1-5H3,(H,26,28,30)(H,27,29,31). The topological polar surface area (TPSA) is 88.5 Å². The van der Waals surface area contributed by atoms with Crippen molar-refractivity contribution in [3.05, 3.63) is 56.6 Å². The monoisotopic (exact) mass is 491 g/mol. The van der Waals surface area contributed by atoms with Crippen LogP contribution in [0.5, 0.6) is 0 Å². The Balaban J connectivity index is 1.54. The molecule has 0 amide bonds. The maximum absolute atomic E-state index is 6.34. The van der Waals surface area contributed by atoms with Crippen LogP contribution in [0.15, 0.2) is 17.2 Å². The van der Waals surface area contributed by atoms with Crippen molar-refractivity contribution in [2.45, 2.75) is 52.5 Å². The van der Waals surface area contributed by atoms with Crippen LogP contribution in [0.1, 0.15) is 40.7 Å². The molecule has 0 unspecified atom stereocenters. The molecule has 0 aliphatic carbocycles. The van der Waals surface area contributed by atoms with Gasteiger partial charge in [0.15, 0.2) is 0 Å². The van der Waals surface area contributed by atoms with E-state index in [0.717, 1.165) is 41.4 Å². The van der Waals surface area contributed by atoms with E-state index >= 15 is 0 Å². The molecular weight excluding hydrogens is 465 g/mol. The lowest BCUT2D eigenvalue weighted by Gasteiger charge is -2.13. The molecule has 0 spiro atoms. The fourth-order valence-electron chi connectivity index (χ4n) is 3.15. The Bertz CT molecular complexity index is 1110. The van der Waals surface area contributed by atoms with Gasteiger partial charge in [-0.2, -0.15) is 0 Å². The van der Waals surface area contributed by atoms with Crippen LogP contribution in [0.3, 0.4) is 0 Å². The molecule has 3 aromatic rings. The van der Waals surface area contributed by atoms with Gasteiger partial charge in [-0.05, 0) is 58.4 Å². The molecular formula is C22H27Cl2N7S. The highest BCUT2D eigenvalue weighted by molar-refractivity contribution is 7.99. The third-order valence-corrected chi connectivity index (χ3v) is 6.96. The molecule has 0 aliphatic heterocycles. The van der Waals surface area contributed by atoms with Crippen molar-refractivity contribution in [2.75, 3.05) is 22.9 Å². The van der Waals surface area contributed by atoms with Crippen LogP contribution >= 0.6 is 35.0 Å². The van der Waals surface area contributed by atoms with Crippen LogP contribution in [0, 0.1) is 34.6 Å². The molecule has 7 nitrogen and oxygen atoms in total. The summed E-state index contributed by atoms with van der Waals surface area (Å²) >= 11 is 14.4. The first kappa shape index (κ1) is 24.5. The number of pyridine rings is 1. The molecule has 0 atom stereocenters. The van der Waals surface area contributed by atoms with Gasteiger partial charge in [-0.15, -0.1) is 11.8 Å². The molecule has 0 aromatic carbocycles. The van der Waals surface area contributed by atoms with Crippen molar-refractivity contribution in [3.8, 4) is 0 Å². The number of thioether (sulfide) groups is 1. The number of aryl methyl sites for hydroxylation is 4. The number of nitrogens with one attached hydrogen (secondary N) is 2. The molecule has 10 heteroatoms. The van der Waals surface area contributed by atoms with Crippen molar-refractivity contribution in [1.82, 2.24) is 24.9 Å². The first-order chi connectivity index (χ1) is 15.3. The van der Waals surface area contributed by atoms with Gasteiger partial charge in [0.25, 0.3) is 0 Å². The molecule has 0 saturated heterocycles. The Kier molecular flexibility index (Phi) is 8.51. The fraction of sp³-hybridized carbons (Fsp3) is 0.409. The Morgan fingerprint density at radius 3 is 2.06 bits per heavy atom. The maximum Gasteiger partial charge on any atom is 0.149 e. The van der Waals surface area contributed by atoms with E-state index in [1.54, 1.807) is 0 Å². The largest absolute Gasteiger partial charge is 0.369 e. The Morgan fingerprint density at radius 2 is 1.44 bits per heavy atom. The molecule has 3 heterocycles. The zero-order valence-corrected chi connectivity index (χ0v) is 21.2. The number of hydrogen-bond donors (Lipinski definition) is 2. The lowest BCUT2D eigenvalue weighted by molar-refractivity contribution is 0.946. The van der Waals surface area contributed by atoms with E-state index in [1.165, 1.54) is 4.90 Å². The normalized spacial score (nSPS) is 11.0. The van der Waals surface area contributed by atoms with Crippen molar-refractivity contribution in [1.29, 1.82) is 0 Å². The molecule has 0 bridgehead atoms. The second-order valence-electron chi connectivity index (χ2n) is 7.40. The average molecular weight is 492 g/mol. The predicted molar refractivity (Wildman–Crippen MR) is 133 cm³/mol. The summed E-state index contributed by atoms with van der Waals surface area (Å²) in [7, 11) is 0. The number of aromatic nitrogens is 5. The van der Waals surface area contributed by atoms with Gasteiger partial charge in [0, 0.05) is 17.6 Å².